The van der Waals surface area contributed by atoms with Crippen molar-refractivity contribution in [3.8, 4) is 0 Å². The van der Waals surface area contributed by atoms with E-state index in [9.17, 15) is 4.79 Å². The summed E-state index contributed by atoms with van der Waals surface area (Å²) in [5.74, 6) is 3.60. The molecular formula is C23H32N2O2. The molecule has 4 heteroatoms. The number of hydrogen-bond acceptors (Lipinski definition) is 4. The van der Waals surface area contributed by atoms with Crippen LogP contribution in [0.15, 0.2) is 30.3 Å². The zero-order valence-corrected chi connectivity index (χ0v) is 16.1. The SMILES string of the molecule is O=C(OCc1ccccc1)C1CNC2C(CCC3C4CCCC4CCC32)N1. The summed E-state index contributed by atoms with van der Waals surface area (Å²) >= 11 is 0. The first-order chi connectivity index (χ1) is 13.3. The number of carbonyl (C=O) groups is 1. The van der Waals surface area contributed by atoms with E-state index >= 15 is 0 Å². The highest BCUT2D eigenvalue weighted by atomic mass is 16.5. The van der Waals surface area contributed by atoms with Crippen LogP contribution in [0.4, 0.5) is 0 Å². The number of esters is 1. The molecule has 0 amide bonds. The van der Waals surface area contributed by atoms with Crippen molar-refractivity contribution < 1.29 is 9.53 Å². The third kappa shape index (κ3) is 3.42. The summed E-state index contributed by atoms with van der Waals surface area (Å²) in [6.45, 7) is 1.06. The van der Waals surface area contributed by atoms with E-state index in [-0.39, 0.29) is 12.0 Å². The molecule has 7 unspecified atom stereocenters. The fourth-order valence-corrected chi connectivity index (χ4v) is 6.68. The first-order valence-electron chi connectivity index (χ1n) is 11.0. The van der Waals surface area contributed by atoms with Crippen LogP contribution in [-0.4, -0.2) is 30.6 Å². The van der Waals surface area contributed by atoms with Crippen LogP contribution < -0.4 is 10.6 Å². The Morgan fingerprint density at radius 3 is 2.70 bits per heavy atom. The lowest BCUT2D eigenvalue weighted by Gasteiger charge is -2.53. The second-order valence-electron chi connectivity index (χ2n) is 9.19. The highest BCUT2D eigenvalue weighted by Crippen LogP contribution is 2.52. The number of fused-ring (bicyclic) bond motifs is 5. The first kappa shape index (κ1) is 17.7. The monoisotopic (exact) mass is 368 g/mol. The fourth-order valence-electron chi connectivity index (χ4n) is 6.68. The van der Waals surface area contributed by atoms with E-state index in [1.807, 2.05) is 30.3 Å². The molecule has 1 aliphatic heterocycles. The molecule has 3 saturated carbocycles. The van der Waals surface area contributed by atoms with Gasteiger partial charge in [-0.2, -0.15) is 0 Å². The summed E-state index contributed by atoms with van der Waals surface area (Å²) in [4.78, 5) is 12.6. The Labute approximate surface area is 162 Å². The van der Waals surface area contributed by atoms with Gasteiger partial charge in [-0.05, 0) is 61.3 Å². The molecule has 1 aromatic rings. The summed E-state index contributed by atoms with van der Waals surface area (Å²) in [5.41, 5.74) is 1.04. The van der Waals surface area contributed by atoms with Gasteiger partial charge in [0.1, 0.15) is 12.6 Å². The molecule has 1 aromatic carbocycles. The largest absolute Gasteiger partial charge is 0.460 e. The smallest absolute Gasteiger partial charge is 0.324 e. The van der Waals surface area contributed by atoms with Gasteiger partial charge in [-0.25, -0.2) is 0 Å². The van der Waals surface area contributed by atoms with Crippen molar-refractivity contribution >= 4 is 5.97 Å². The van der Waals surface area contributed by atoms with E-state index in [2.05, 4.69) is 10.6 Å². The molecule has 1 saturated heterocycles. The maximum absolute atomic E-state index is 12.6. The minimum Gasteiger partial charge on any atom is -0.460 e. The zero-order chi connectivity index (χ0) is 18.2. The van der Waals surface area contributed by atoms with Crippen molar-refractivity contribution in [2.24, 2.45) is 23.7 Å². The number of nitrogens with one attached hydrogen (secondary N) is 2. The number of hydrogen-bond donors (Lipinski definition) is 2. The van der Waals surface area contributed by atoms with Gasteiger partial charge in [0.05, 0.1) is 0 Å². The van der Waals surface area contributed by atoms with Gasteiger partial charge in [-0.3, -0.25) is 10.1 Å². The summed E-state index contributed by atoms with van der Waals surface area (Å²) in [6, 6.07) is 10.7. The molecule has 3 aliphatic carbocycles. The number of ether oxygens (including phenoxy) is 1. The number of carbonyl (C=O) groups excluding carboxylic acids is 1. The average molecular weight is 369 g/mol. The third-order valence-electron chi connectivity index (χ3n) is 7.88. The van der Waals surface area contributed by atoms with Gasteiger partial charge in [-0.15, -0.1) is 0 Å². The van der Waals surface area contributed by atoms with Crippen molar-refractivity contribution in [3.05, 3.63) is 35.9 Å². The van der Waals surface area contributed by atoms with E-state index in [1.165, 1.54) is 44.9 Å². The van der Waals surface area contributed by atoms with Crippen LogP contribution in [-0.2, 0) is 16.1 Å². The summed E-state index contributed by atoms with van der Waals surface area (Å²) in [5, 5.41) is 7.41. The molecule has 0 aromatic heterocycles. The van der Waals surface area contributed by atoms with Gasteiger partial charge >= 0.3 is 5.97 Å². The highest BCUT2D eigenvalue weighted by molar-refractivity contribution is 5.76. The molecule has 146 valence electrons. The van der Waals surface area contributed by atoms with Crippen molar-refractivity contribution in [1.29, 1.82) is 0 Å². The van der Waals surface area contributed by atoms with E-state index < -0.39 is 0 Å². The van der Waals surface area contributed by atoms with Crippen molar-refractivity contribution in [2.45, 2.75) is 69.7 Å². The predicted molar refractivity (Wildman–Crippen MR) is 105 cm³/mol. The van der Waals surface area contributed by atoms with Crippen molar-refractivity contribution in [2.75, 3.05) is 6.54 Å². The summed E-state index contributed by atoms with van der Waals surface area (Å²) < 4.78 is 5.57. The van der Waals surface area contributed by atoms with E-state index in [4.69, 9.17) is 4.74 Å². The Morgan fingerprint density at radius 2 is 1.81 bits per heavy atom. The standard InChI is InChI=1S/C23H32N2O2/c26-23(27-14-15-5-2-1-3-6-15)21-13-24-22-19-10-9-16-7-4-8-17(16)18(19)11-12-20(22)25-21/h1-3,5-6,16-22,24-25H,4,7-14H2. The molecule has 5 rings (SSSR count). The van der Waals surface area contributed by atoms with Crippen molar-refractivity contribution in [3.63, 3.8) is 0 Å². The van der Waals surface area contributed by atoms with E-state index in [0.29, 0.717) is 25.2 Å². The predicted octanol–water partition coefficient (Wildman–Crippen LogP) is 3.26. The highest BCUT2D eigenvalue weighted by Gasteiger charge is 2.50. The van der Waals surface area contributed by atoms with Crippen LogP contribution in [0.25, 0.3) is 0 Å². The minimum absolute atomic E-state index is 0.119. The van der Waals surface area contributed by atoms with Crippen LogP contribution in [0, 0.1) is 23.7 Å². The number of rotatable bonds is 3. The summed E-state index contributed by atoms with van der Waals surface area (Å²) in [7, 11) is 0. The molecule has 0 bridgehead atoms. The van der Waals surface area contributed by atoms with Crippen molar-refractivity contribution in [1.82, 2.24) is 10.6 Å². The molecule has 0 radical (unpaired) electrons. The Kier molecular flexibility index (Phi) is 4.95. The van der Waals surface area contributed by atoms with Gasteiger partial charge in [0.15, 0.2) is 0 Å². The van der Waals surface area contributed by atoms with Gasteiger partial charge in [-0.1, -0.05) is 43.2 Å². The van der Waals surface area contributed by atoms with Crippen LogP contribution in [0.3, 0.4) is 0 Å². The van der Waals surface area contributed by atoms with Gasteiger partial charge < -0.3 is 10.1 Å². The lowest BCUT2D eigenvalue weighted by molar-refractivity contribution is -0.149. The third-order valence-corrected chi connectivity index (χ3v) is 7.88. The number of benzene rings is 1. The molecule has 7 atom stereocenters. The molecule has 4 aliphatic rings. The lowest BCUT2D eigenvalue weighted by Crippen LogP contribution is -2.68. The Bertz CT molecular complexity index is 664. The second-order valence-corrected chi connectivity index (χ2v) is 9.19. The molecule has 2 N–H and O–H groups in total. The molecular weight excluding hydrogens is 336 g/mol. The Hall–Kier alpha value is -1.39. The van der Waals surface area contributed by atoms with E-state index in [1.54, 1.807) is 0 Å². The zero-order valence-electron chi connectivity index (χ0n) is 16.1. The topological polar surface area (TPSA) is 50.4 Å². The molecule has 0 spiro atoms. The fraction of sp³-hybridized carbons (Fsp3) is 0.696. The van der Waals surface area contributed by atoms with Crippen LogP contribution in [0.2, 0.25) is 0 Å². The Morgan fingerprint density at radius 1 is 0.963 bits per heavy atom. The maximum atomic E-state index is 12.6. The Balaban J connectivity index is 1.18. The normalized spacial score (nSPS) is 40.5. The lowest BCUT2D eigenvalue weighted by atomic mass is 9.59. The number of piperazine rings is 1. The molecule has 4 nitrogen and oxygen atoms in total. The first-order valence-corrected chi connectivity index (χ1v) is 11.0. The molecule has 1 heterocycles. The van der Waals surface area contributed by atoms with Gasteiger partial charge in [0.25, 0.3) is 0 Å². The average Bonchev–Trinajstić information content (AvgIpc) is 3.21. The van der Waals surface area contributed by atoms with Gasteiger partial charge in [0, 0.05) is 18.6 Å². The van der Waals surface area contributed by atoms with Crippen LogP contribution in [0.5, 0.6) is 0 Å². The second kappa shape index (κ2) is 7.56. The maximum Gasteiger partial charge on any atom is 0.324 e. The van der Waals surface area contributed by atoms with E-state index in [0.717, 1.165) is 29.2 Å². The van der Waals surface area contributed by atoms with Crippen LogP contribution >= 0.6 is 0 Å². The van der Waals surface area contributed by atoms with Gasteiger partial charge in [0.2, 0.25) is 0 Å². The van der Waals surface area contributed by atoms with Crippen LogP contribution in [0.1, 0.15) is 50.5 Å². The molecule has 4 fully saturated rings. The minimum atomic E-state index is -0.214. The quantitative estimate of drug-likeness (QED) is 0.804. The molecule has 27 heavy (non-hydrogen) atoms. The summed E-state index contributed by atoms with van der Waals surface area (Å²) in [6.07, 6.45) is 9.74.